The molecule has 0 bridgehead atoms. The predicted octanol–water partition coefficient (Wildman–Crippen LogP) is 4.07. The van der Waals surface area contributed by atoms with Crippen molar-refractivity contribution in [3.8, 4) is 0 Å². The molecule has 0 unspecified atom stereocenters. The minimum atomic E-state index is -3.85. The van der Waals surface area contributed by atoms with E-state index in [0.29, 0.717) is 11.8 Å². The molecule has 0 saturated carbocycles. The van der Waals surface area contributed by atoms with Crippen molar-refractivity contribution >= 4 is 26.2 Å². The Morgan fingerprint density at radius 2 is 1.68 bits per heavy atom. The third-order valence-electron chi connectivity index (χ3n) is 5.74. The van der Waals surface area contributed by atoms with Gasteiger partial charge in [0.15, 0.2) is 0 Å². The standard InChI is InChI=1S/C21H24N4O2Si/c1-17-22-24(16-19-10-5-3-6-11-19)28(26-17)15-9-14-21(20-12-7-4-8-13-20)25(28)23-18(2)27-28/h3-8,10-13,16,21H,9,14-15H2,1-2H3/b24-16+/t21-/m0/s1. The van der Waals surface area contributed by atoms with Crippen LogP contribution in [-0.2, 0) is 8.85 Å². The Bertz CT molecular complexity index is 1000. The maximum absolute atomic E-state index is 6.59. The van der Waals surface area contributed by atoms with E-state index < -0.39 is 8.16 Å². The minimum absolute atomic E-state index is 0.105. The number of hydrogen-bond acceptors (Lipinski definition) is 5. The molecule has 0 amide bonds. The molecule has 0 N–H and O–H groups in total. The van der Waals surface area contributed by atoms with Crippen molar-refractivity contribution in [2.75, 3.05) is 0 Å². The summed E-state index contributed by atoms with van der Waals surface area (Å²) in [6.45, 7) is 3.80. The first-order valence-electron chi connectivity index (χ1n) is 9.79. The van der Waals surface area contributed by atoms with E-state index in [9.17, 15) is 0 Å². The summed E-state index contributed by atoms with van der Waals surface area (Å²) in [5, 5.41) is 9.61. The van der Waals surface area contributed by atoms with Gasteiger partial charge in [-0.1, -0.05) is 0 Å². The first kappa shape index (κ1) is 17.2. The maximum atomic E-state index is 6.59. The van der Waals surface area contributed by atoms with Crippen molar-refractivity contribution in [2.45, 2.75) is 38.8 Å². The molecule has 3 aliphatic rings. The van der Waals surface area contributed by atoms with E-state index in [1.807, 2.05) is 48.7 Å². The first-order chi connectivity index (χ1) is 13.6. The Morgan fingerprint density at radius 3 is 2.43 bits per heavy atom. The summed E-state index contributed by atoms with van der Waals surface area (Å²) in [7, 11) is -3.85. The van der Waals surface area contributed by atoms with Crippen molar-refractivity contribution in [1.29, 1.82) is 0 Å². The number of nitrogens with zero attached hydrogens (tertiary/aromatic N) is 4. The Hall–Kier alpha value is -2.93. The average Bonchev–Trinajstić information content (AvgIpc) is 3.15. The van der Waals surface area contributed by atoms with E-state index in [4.69, 9.17) is 19.1 Å². The summed E-state index contributed by atoms with van der Waals surface area (Å²) in [5.41, 5.74) is 2.29. The van der Waals surface area contributed by atoms with E-state index in [2.05, 4.69) is 41.1 Å². The van der Waals surface area contributed by atoms with Crippen LogP contribution in [0.4, 0.5) is 0 Å². The third kappa shape index (κ3) is 2.35. The number of hydrazone groups is 2. The number of rotatable bonds is 2. The summed E-state index contributed by atoms with van der Waals surface area (Å²) < 4.78 is 17.3. The Balaban J connectivity index is 1.68. The molecule has 1 saturated heterocycles. The van der Waals surface area contributed by atoms with Crippen molar-refractivity contribution < 1.29 is 13.2 Å². The second-order valence-corrected chi connectivity index (χ2v) is 11.8. The van der Waals surface area contributed by atoms with Crippen LogP contribution >= 0.6 is 0 Å². The third-order valence-corrected chi connectivity index (χ3v) is 10.8. The van der Waals surface area contributed by atoms with Crippen LogP contribution in [0.5, 0.6) is 0 Å². The quantitative estimate of drug-likeness (QED) is 0.724. The van der Waals surface area contributed by atoms with E-state index in [-0.39, 0.29) is 6.04 Å². The fourth-order valence-corrected chi connectivity index (χ4v) is 10.0. The second kappa shape index (κ2) is 6.03. The summed E-state index contributed by atoms with van der Waals surface area (Å²) in [5.74, 6) is 1.27. The molecule has 0 aromatic heterocycles. The van der Waals surface area contributed by atoms with Crippen LogP contribution in [-0.4, -0.2) is 35.2 Å². The summed E-state index contributed by atoms with van der Waals surface area (Å²) in [6, 6.07) is 21.6. The van der Waals surface area contributed by atoms with E-state index in [1.54, 1.807) is 0 Å². The van der Waals surface area contributed by atoms with Crippen molar-refractivity contribution in [3.05, 3.63) is 71.8 Å². The molecule has 5 rings (SSSR count). The Morgan fingerprint density at radius 1 is 1.00 bits per heavy atom. The Kier molecular flexibility index (Phi) is 3.70. The Labute approximate surface area is 165 Å². The van der Waals surface area contributed by atoms with Crippen LogP contribution in [0.1, 0.15) is 43.9 Å². The molecule has 2 aromatic carbocycles. The fraction of sp³-hybridized carbons (Fsp3) is 0.286. The van der Waals surface area contributed by atoms with Gasteiger partial charge in [-0.3, -0.25) is 0 Å². The topological polar surface area (TPSA) is 49.4 Å². The number of hydrogen-bond donors (Lipinski definition) is 0. The molecule has 6 nitrogen and oxygen atoms in total. The van der Waals surface area contributed by atoms with E-state index in [1.165, 1.54) is 5.56 Å². The molecule has 0 radical (unpaired) electrons. The molecule has 3 aliphatic heterocycles. The van der Waals surface area contributed by atoms with Crippen LogP contribution < -0.4 is 0 Å². The average molecular weight is 393 g/mol. The van der Waals surface area contributed by atoms with Crippen LogP contribution in [0.2, 0.25) is 6.04 Å². The van der Waals surface area contributed by atoms with Gasteiger partial charge >= 0.3 is 165 Å². The molecule has 2 aromatic rings. The zero-order valence-electron chi connectivity index (χ0n) is 16.2. The van der Waals surface area contributed by atoms with Gasteiger partial charge < -0.3 is 0 Å². The van der Waals surface area contributed by atoms with Gasteiger partial charge in [0.05, 0.1) is 0 Å². The first-order valence-corrected chi connectivity index (χ1v) is 12.2. The van der Waals surface area contributed by atoms with E-state index >= 15 is 0 Å². The van der Waals surface area contributed by atoms with E-state index in [0.717, 1.165) is 24.4 Å². The zero-order valence-corrected chi connectivity index (χ0v) is 17.2. The van der Waals surface area contributed by atoms with Crippen LogP contribution in [0.15, 0.2) is 70.9 Å². The van der Waals surface area contributed by atoms with Gasteiger partial charge in [-0.25, -0.2) is 0 Å². The molecular weight excluding hydrogens is 368 g/mol. The molecule has 7 heteroatoms. The monoisotopic (exact) mass is 392 g/mol. The molecule has 1 spiro atoms. The second-order valence-electron chi connectivity index (χ2n) is 7.64. The molecule has 3 heterocycles. The van der Waals surface area contributed by atoms with Gasteiger partial charge in [0.25, 0.3) is 0 Å². The SMILES string of the molecule is CC1=NN2[C@H](c3ccccc3)CCC[Si-]23(O1)OC(C)=N/[N+]3=C\c1ccccc1. The van der Waals surface area contributed by atoms with Crippen molar-refractivity contribution in [1.82, 2.24) is 4.67 Å². The van der Waals surface area contributed by atoms with Gasteiger partial charge in [-0.2, -0.15) is 0 Å². The molecule has 0 aliphatic carbocycles. The van der Waals surface area contributed by atoms with Gasteiger partial charge in [0.2, 0.25) is 0 Å². The molecular formula is C21H24N4O2Si. The van der Waals surface area contributed by atoms with Crippen LogP contribution in [0, 0.1) is 0 Å². The summed E-state index contributed by atoms with van der Waals surface area (Å²) in [6.07, 6.45) is 4.04. The van der Waals surface area contributed by atoms with Crippen molar-refractivity contribution in [3.63, 3.8) is 0 Å². The van der Waals surface area contributed by atoms with Gasteiger partial charge in [-0.15, -0.1) is 0 Å². The van der Waals surface area contributed by atoms with Crippen LogP contribution in [0.25, 0.3) is 0 Å². The number of benzene rings is 2. The van der Waals surface area contributed by atoms with Gasteiger partial charge in [0, 0.05) is 0 Å². The summed E-state index contributed by atoms with van der Waals surface area (Å²) >= 11 is 0. The normalized spacial score (nSPS) is 27.2. The molecule has 1 fully saturated rings. The molecule has 28 heavy (non-hydrogen) atoms. The predicted molar refractivity (Wildman–Crippen MR) is 111 cm³/mol. The fourth-order valence-electron chi connectivity index (χ4n) is 4.70. The van der Waals surface area contributed by atoms with Gasteiger partial charge in [-0.05, 0) is 0 Å². The van der Waals surface area contributed by atoms with Crippen LogP contribution in [0.3, 0.4) is 0 Å². The zero-order chi connectivity index (χ0) is 19.2. The van der Waals surface area contributed by atoms with Crippen molar-refractivity contribution in [2.24, 2.45) is 10.2 Å². The molecule has 1 atom stereocenters. The van der Waals surface area contributed by atoms with Gasteiger partial charge in [0.1, 0.15) is 0 Å². The summed E-state index contributed by atoms with van der Waals surface area (Å²) in [4.78, 5) is 0. The molecule has 144 valence electrons.